The minimum atomic E-state index is -4.50. The number of imide groups is 1. The summed E-state index contributed by atoms with van der Waals surface area (Å²) < 4.78 is 69.5. The highest BCUT2D eigenvalue weighted by Gasteiger charge is 2.43. The first-order valence-corrected chi connectivity index (χ1v) is 21.0. The van der Waals surface area contributed by atoms with Crippen molar-refractivity contribution >= 4 is 52.3 Å². The van der Waals surface area contributed by atoms with E-state index in [0.29, 0.717) is 64.3 Å². The first kappa shape index (κ1) is 42.1. The Bertz CT molecular complexity index is 2050. The Balaban J connectivity index is 0.868. The van der Waals surface area contributed by atoms with E-state index in [4.69, 9.17) is 0 Å². The lowest BCUT2D eigenvalue weighted by Gasteiger charge is -2.40. The van der Waals surface area contributed by atoms with Crippen molar-refractivity contribution in [2.45, 2.75) is 61.7 Å². The molecule has 0 saturated carbocycles. The smallest absolute Gasteiger partial charge is 0.371 e. The summed E-state index contributed by atoms with van der Waals surface area (Å²) in [6.45, 7) is 6.15. The maximum Gasteiger partial charge on any atom is 0.419 e. The summed E-state index contributed by atoms with van der Waals surface area (Å²) >= 11 is 0. The van der Waals surface area contributed by atoms with E-state index in [1.165, 1.54) is 13.1 Å². The lowest BCUT2D eigenvalue weighted by molar-refractivity contribution is -0.138. The molecule has 0 aliphatic carbocycles. The summed E-state index contributed by atoms with van der Waals surface area (Å²) in [5.41, 5.74) is 0.304. The highest BCUT2D eigenvalue weighted by molar-refractivity contribution is 7.82. The molecule has 4 aliphatic heterocycles. The molecule has 5 heterocycles. The van der Waals surface area contributed by atoms with Crippen LogP contribution in [0.25, 0.3) is 0 Å². The average molecular weight is 842 g/mol. The van der Waals surface area contributed by atoms with Gasteiger partial charge in [0.2, 0.25) is 11.9 Å². The number of hydrogen-bond acceptors (Lipinski definition) is 11. The van der Waals surface area contributed by atoms with Crippen LogP contribution in [0.2, 0.25) is 0 Å². The predicted molar refractivity (Wildman–Crippen MR) is 212 cm³/mol. The molecule has 14 nitrogen and oxygen atoms in total. The van der Waals surface area contributed by atoms with E-state index in [9.17, 15) is 36.6 Å². The average Bonchev–Trinajstić information content (AvgIpc) is 3.48. The number of piperidine rings is 2. The normalized spacial score (nSPS) is 19.8. The molecule has 3 aromatic rings. The number of carbonyl (C=O) groups excluding carboxylic acids is 4. The zero-order valence-corrected chi connectivity index (χ0v) is 33.4. The number of halogens is 4. The molecule has 2 aromatic carbocycles. The molecule has 3 saturated heterocycles. The third-order valence-electron chi connectivity index (χ3n) is 11.6. The summed E-state index contributed by atoms with van der Waals surface area (Å²) in [6, 6.07) is 9.08. The summed E-state index contributed by atoms with van der Waals surface area (Å²) in [7, 11) is 0.0108. The Morgan fingerprint density at radius 3 is 2.20 bits per heavy atom. The van der Waals surface area contributed by atoms with Crippen LogP contribution in [0.1, 0.15) is 64.8 Å². The number of fused-ring (bicyclic) bond motifs is 1. The van der Waals surface area contributed by atoms with Crippen molar-refractivity contribution < 1.29 is 40.9 Å². The van der Waals surface area contributed by atoms with Crippen LogP contribution in [-0.4, -0.2) is 130 Å². The first-order chi connectivity index (χ1) is 28.3. The van der Waals surface area contributed by atoms with Gasteiger partial charge in [-0.1, -0.05) is 6.07 Å². The zero-order valence-electron chi connectivity index (χ0n) is 32.6. The molecule has 0 bridgehead atoms. The Morgan fingerprint density at radius 1 is 0.915 bits per heavy atom. The number of nitrogens with one attached hydrogen (secondary N) is 2. The number of hydrogen-bond donors (Lipinski definition) is 2. The maximum atomic E-state index is 15.5. The van der Waals surface area contributed by atoms with Gasteiger partial charge >= 0.3 is 6.18 Å². The van der Waals surface area contributed by atoms with Crippen molar-refractivity contribution in [3.63, 3.8) is 0 Å². The van der Waals surface area contributed by atoms with Crippen molar-refractivity contribution in [1.82, 2.24) is 29.4 Å². The summed E-state index contributed by atoms with van der Waals surface area (Å²) in [4.78, 5) is 65.9. The number of amides is 3. The van der Waals surface area contributed by atoms with Gasteiger partial charge in [-0.05, 0) is 68.4 Å². The largest absolute Gasteiger partial charge is 0.419 e. The Kier molecular flexibility index (Phi) is 12.9. The number of rotatable bonds is 13. The highest BCUT2D eigenvalue weighted by atomic mass is 32.2. The van der Waals surface area contributed by atoms with E-state index >= 15 is 4.39 Å². The molecular formula is C40H47F4N9O5S. The van der Waals surface area contributed by atoms with E-state index in [1.54, 1.807) is 0 Å². The molecule has 2 atom stereocenters. The van der Waals surface area contributed by atoms with Crippen LogP contribution in [-0.2, 0) is 26.8 Å². The van der Waals surface area contributed by atoms with Crippen LogP contribution in [0.15, 0.2) is 53.7 Å². The third-order valence-corrected chi connectivity index (χ3v) is 13.1. The lowest BCUT2D eigenvalue weighted by atomic mass is 9.95. The van der Waals surface area contributed by atoms with Crippen LogP contribution >= 0.6 is 0 Å². The van der Waals surface area contributed by atoms with E-state index in [-0.39, 0.29) is 41.6 Å². The number of benzene rings is 2. The van der Waals surface area contributed by atoms with Gasteiger partial charge in [0.15, 0.2) is 0 Å². The van der Waals surface area contributed by atoms with Crippen molar-refractivity contribution in [3.8, 4) is 0 Å². The second kappa shape index (κ2) is 18.1. The number of anilines is 3. The number of aromatic nitrogens is 2. The second-order valence-electron chi connectivity index (χ2n) is 15.3. The summed E-state index contributed by atoms with van der Waals surface area (Å²) in [5.74, 6) is -2.02. The maximum absolute atomic E-state index is 15.5. The molecule has 19 heteroatoms. The lowest BCUT2D eigenvalue weighted by Crippen LogP contribution is -2.49. The fraction of sp³-hybridized carbons (Fsp3) is 0.500. The van der Waals surface area contributed by atoms with Gasteiger partial charge in [-0.25, -0.2) is 22.9 Å². The molecule has 7 rings (SSSR count). The summed E-state index contributed by atoms with van der Waals surface area (Å²) in [5, 5.41) is 5.53. The molecule has 4 aliphatic rings. The number of likely N-dealkylation sites (N-methyl/N-ethyl adjacent to an activating group) is 1. The van der Waals surface area contributed by atoms with Gasteiger partial charge in [-0.15, -0.1) is 0 Å². The van der Waals surface area contributed by atoms with Gasteiger partial charge in [0.1, 0.15) is 29.1 Å². The number of piperazine rings is 1. The molecule has 3 fully saturated rings. The molecule has 1 aromatic heterocycles. The van der Waals surface area contributed by atoms with Crippen LogP contribution in [0, 0.1) is 11.7 Å². The Hall–Kier alpha value is -5.01. The van der Waals surface area contributed by atoms with E-state index < -0.39 is 52.3 Å². The van der Waals surface area contributed by atoms with E-state index in [2.05, 4.69) is 30.4 Å². The summed E-state index contributed by atoms with van der Waals surface area (Å²) in [6.07, 6.45) is 0.831. The van der Waals surface area contributed by atoms with Crippen molar-refractivity contribution in [2.24, 2.45) is 5.92 Å². The number of nitrogens with zero attached hydrogens (tertiary/aromatic N) is 7. The van der Waals surface area contributed by atoms with Crippen molar-refractivity contribution in [3.05, 3.63) is 71.3 Å². The molecular weight excluding hydrogens is 795 g/mol. The van der Waals surface area contributed by atoms with E-state index in [0.717, 1.165) is 66.4 Å². The number of aldehydes is 1. The molecule has 316 valence electrons. The molecule has 2 N–H and O–H groups in total. The number of alkyl halides is 3. The van der Waals surface area contributed by atoms with Crippen LogP contribution < -0.4 is 20.4 Å². The van der Waals surface area contributed by atoms with Gasteiger partial charge in [-0.2, -0.15) is 13.2 Å². The molecule has 0 spiro atoms. The quantitative estimate of drug-likeness (QED) is 0.146. The van der Waals surface area contributed by atoms with Gasteiger partial charge in [0.25, 0.3) is 11.8 Å². The van der Waals surface area contributed by atoms with Crippen LogP contribution in [0.4, 0.5) is 34.9 Å². The fourth-order valence-corrected chi connectivity index (χ4v) is 9.57. The SMILES string of the molecule is CNC(=O)C(CCC=O)N1C(=O)c2cc(F)c(N3CCN(CC4CCN(c5cccc(S(=O)N6CCC(Nc7ncc(C(F)(F)F)cn7)CC6)c5)CC4)CC3)cc2C1=O. The van der Waals surface area contributed by atoms with Crippen molar-refractivity contribution in [1.29, 1.82) is 0 Å². The highest BCUT2D eigenvalue weighted by Crippen LogP contribution is 2.34. The Labute approximate surface area is 341 Å². The van der Waals surface area contributed by atoms with Crippen LogP contribution in [0.5, 0.6) is 0 Å². The van der Waals surface area contributed by atoms with Crippen LogP contribution in [0.3, 0.4) is 0 Å². The first-order valence-electron chi connectivity index (χ1n) is 19.9. The van der Waals surface area contributed by atoms with Gasteiger partial charge in [-0.3, -0.25) is 24.2 Å². The van der Waals surface area contributed by atoms with Crippen molar-refractivity contribution in [2.75, 3.05) is 81.1 Å². The Morgan fingerprint density at radius 2 is 1.58 bits per heavy atom. The molecule has 2 unspecified atom stereocenters. The van der Waals surface area contributed by atoms with Gasteiger partial charge < -0.3 is 25.2 Å². The minimum Gasteiger partial charge on any atom is -0.371 e. The van der Waals surface area contributed by atoms with Gasteiger partial charge in [0.05, 0.1) is 27.3 Å². The third kappa shape index (κ3) is 9.41. The molecule has 0 radical (unpaired) electrons. The van der Waals surface area contributed by atoms with E-state index in [1.807, 2.05) is 33.5 Å². The minimum absolute atomic E-state index is 0.0210. The van der Waals surface area contributed by atoms with Gasteiger partial charge in [0, 0.05) is 96.5 Å². The topological polar surface area (TPSA) is 151 Å². The monoisotopic (exact) mass is 841 g/mol. The zero-order chi connectivity index (χ0) is 41.8. The number of carbonyl (C=O) groups is 4. The predicted octanol–water partition coefficient (Wildman–Crippen LogP) is 3.96. The molecule has 3 amide bonds. The standard InChI is InChI=1S/C40H47F4N9O5S/c1-45-36(55)34(6-3-19-54)53-37(56)31-21-33(41)35(22-32(31)38(53)57)51-17-15-49(16-18-51)25-26-7-11-50(12-8-26)29-4-2-5-30(20-29)59(58)52-13-9-28(10-14-52)48-39-46-23-27(24-47-39)40(42,43)44/h2,4-5,19-24,26,28,34H,3,6-18,25H2,1H3,(H,45,55)(H,46,47,48). The second-order valence-corrected chi connectivity index (χ2v) is 16.8. The fourth-order valence-electron chi connectivity index (χ4n) is 8.31. The molecule has 59 heavy (non-hydrogen) atoms.